The summed E-state index contributed by atoms with van der Waals surface area (Å²) in [5.74, 6) is 0.0398. The predicted molar refractivity (Wildman–Crippen MR) is 81.8 cm³/mol. The summed E-state index contributed by atoms with van der Waals surface area (Å²) in [6.45, 7) is 4.09. The lowest BCUT2D eigenvalue weighted by atomic mass is 10.0. The van der Waals surface area contributed by atoms with Crippen LogP contribution in [0.2, 0.25) is 0 Å². The van der Waals surface area contributed by atoms with Gasteiger partial charge in [0.15, 0.2) is 0 Å². The first-order chi connectivity index (χ1) is 9.53. The van der Waals surface area contributed by atoms with E-state index in [1.807, 2.05) is 38.3 Å². The van der Waals surface area contributed by atoms with E-state index >= 15 is 0 Å². The molecule has 1 aromatic carbocycles. The number of nitrogens with zero attached hydrogens (tertiary/aromatic N) is 1. The minimum Gasteiger partial charge on any atom is -0.467 e. The van der Waals surface area contributed by atoms with Crippen LogP contribution in [0.25, 0.3) is 0 Å². The molecule has 108 valence electrons. The maximum atomic E-state index is 11.8. The average Bonchev–Trinajstić information content (AvgIpc) is 2.44. The maximum Gasteiger partial charge on any atom is 0.328 e. The second-order valence-corrected chi connectivity index (χ2v) is 5.69. The fraction of sp³-hybridized carbons (Fsp3) is 0.467. The van der Waals surface area contributed by atoms with Crippen LogP contribution >= 0.6 is 11.8 Å². The van der Waals surface area contributed by atoms with Gasteiger partial charge in [0.25, 0.3) is 0 Å². The lowest BCUT2D eigenvalue weighted by Gasteiger charge is -2.20. The molecule has 0 aliphatic rings. The Balaban J connectivity index is 3.05. The molecule has 0 bridgehead atoms. The molecule has 0 aliphatic heterocycles. The molecule has 0 saturated carbocycles. The normalized spacial score (nSPS) is 11.8. The molecule has 1 unspecified atom stereocenters. The third-order valence-electron chi connectivity index (χ3n) is 2.88. The maximum absolute atomic E-state index is 11.8. The standard InChI is InChI=1S/C15H20N2O2S/c1-10(2)8-13(15(18)19-3)17-12-6-5-7-14(20-4)11(12)9-16/h5-7,10,13,17H,8H2,1-4H3. The quantitative estimate of drug-likeness (QED) is 0.644. The molecule has 1 atom stereocenters. The molecule has 20 heavy (non-hydrogen) atoms. The van der Waals surface area contributed by atoms with Crippen LogP contribution in [0.4, 0.5) is 5.69 Å². The molecule has 0 aromatic heterocycles. The molecule has 1 rings (SSSR count). The smallest absolute Gasteiger partial charge is 0.328 e. The van der Waals surface area contributed by atoms with Crippen molar-refractivity contribution in [2.75, 3.05) is 18.7 Å². The molecule has 5 heteroatoms. The van der Waals surface area contributed by atoms with Crippen molar-refractivity contribution in [2.45, 2.75) is 31.2 Å². The Morgan fingerprint density at radius 3 is 2.70 bits per heavy atom. The van der Waals surface area contributed by atoms with Crippen LogP contribution in [0.15, 0.2) is 23.1 Å². The minimum absolute atomic E-state index is 0.308. The van der Waals surface area contributed by atoms with E-state index in [0.717, 1.165) is 4.90 Å². The highest BCUT2D eigenvalue weighted by Crippen LogP contribution is 2.27. The van der Waals surface area contributed by atoms with Gasteiger partial charge in [-0.3, -0.25) is 0 Å². The van der Waals surface area contributed by atoms with Crippen LogP contribution in [0.1, 0.15) is 25.8 Å². The Kier molecular flexibility index (Phi) is 6.40. The molecule has 0 aliphatic carbocycles. The van der Waals surface area contributed by atoms with Crippen molar-refractivity contribution in [1.29, 1.82) is 5.26 Å². The number of hydrogen-bond donors (Lipinski definition) is 1. The first-order valence-corrected chi connectivity index (χ1v) is 7.67. The van der Waals surface area contributed by atoms with Crippen LogP contribution in [-0.4, -0.2) is 25.4 Å². The van der Waals surface area contributed by atoms with Gasteiger partial charge in [-0.05, 0) is 30.7 Å². The van der Waals surface area contributed by atoms with Crippen molar-refractivity contribution in [3.05, 3.63) is 23.8 Å². The van der Waals surface area contributed by atoms with Crippen LogP contribution in [0.5, 0.6) is 0 Å². The third-order valence-corrected chi connectivity index (χ3v) is 3.66. The lowest BCUT2D eigenvalue weighted by molar-refractivity contribution is -0.141. The van der Waals surface area contributed by atoms with Crippen molar-refractivity contribution in [1.82, 2.24) is 0 Å². The molecular formula is C15H20N2O2S. The lowest BCUT2D eigenvalue weighted by Crippen LogP contribution is -2.32. The number of methoxy groups -OCH3 is 1. The number of hydrogen-bond acceptors (Lipinski definition) is 5. The van der Waals surface area contributed by atoms with Gasteiger partial charge < -0.3 is 10.1 Å². The molecule has 0 fully saturated rings. The van der Waals surface area contributed by atoms with E-state index in [1.165, 1.54) is 18.9 Å². The van der Waals surface area contributed by atoms with Gasteiger partial charge in [-0.2, -0.15) is 5.26 Å². The Labute approximate surface area is 124 Å². The van der Waals surface area contributed by atoms with Crippen LogP contribution in [-0.2, 0) is 9.53 Å². The number of carbonyl (C=O) groups is 1. The average molecular weight is 292 g/mol. The highest BCUT2D eigenvalue weighted by atomic mass is 32.2. The van der Waals surface area contributed by atoms with E-state index in [0.29, 0.717) is 23.6 Å². The molecule has 0 amide bonds. The monoisotopic (exact) mass is 292 g/mol. The molecule has 4 nitrogen and oxygen atoms in total. The van der Waals surface area contributed by atoms with Crippen molar-refractivity contribution in [3.8, 4) is 6.07 Å². The molecule has 0 saturated heterocycles. The molecule has 0 radical (unpaired) electrons. The van der Waals surface area contributed by atoms with Gasteiger partial charge in [0, 0.05) is 4.90 Å². The van der Waals surface area contributed by atoms with Gasteiger partial charge in [-0.1, -0.05) is 19.9 Å². The summed E-state index contributed by atoms with van der Waals surface area (Å²) in [4.78, 5) is 12.7. The Morgan fingerprint density at radius 2 is 2.20 bits per heavy atom. The van der Waals surface area contributed by atoms with Crippen molar-refractivity contribution >= 4 is 23.4 Å². The van der Waals surface area contributed by atoms with Crippen LogP contribution in [0.3, 0.4) is 0 Å². The molecule has 1 aromatic rings. The first kappa shape index (κ1) is 16.4. The predicted octanol–water partition coefficient (Wildman–Crippen LogP) is 3.28. The van der Waals surface area contributed by atoms with Crippen LogP contribution < -0.4 is 5.32 Å². The highest BCUT2D eigenvalue weighted by Gasteiger charge is 2.21. The Bertz CT molecular complexity index is 509. The fourth-order valence-corrected chi connectivity index (χ4v) is 2.53. The van der Waals surface area contributed by atoms with Gasteiger partial charge >= 0.3 is 5.97 Å². The summed E-state index contributed by atoms with van der Waals surface area (Å²) >= 11 is 1.51. The van der Waals surface area contributed by atoms with Gasteiger partial charge in [-0.25, -0.2) is 4.79 Å². The van der Waals surface area contributed by atoms with Gasteiger partial charge in [-0.15, -0.1) is 11.8 Å². The zero-order valence-electron chi connectivity index (χ0n) is 12.3. The number of benzene rings is 1. The number of esters is 1. The van der Waals surface area contributed by atoms with Gasteiger partial charge in [0.2, 0.25) is 0 Å². The molecular weight excluding hydrogens is 272 g/mol. The zero-order chi connectivity index (χ0) is 15.1. The van der Waals surface area contributed by atoms with E-state index in [1.54, 1.807) is 0 Å². The number of rotatable bonds is 6. The number of carbonyl (C=O) groups excluding carboxylic acids is 1. The van der Waals surface area contributed by atoms with Crippen LogP contribution in [0, 0.1) is 17.2 Å². The fourth-order valence-electron chi connectivity index (χ4n) is 1.95. The van der Waals surface area contributed by atoms with Gasteiger partial charge in [0.05, 0.1) is 18.4 Å². The topological polar surface area (TPSA) is 62.1 Å². The number of anilines is 1. The van der Waals surface area contributed by atoms with E-state index in [4.69, 9.17) is 4.74 Å². The van der Waals surface area contributed by atoms with E-state index in [2.05, 4.69) is 11.4 Å². The van der Waals surface area contributed by atoms with Crippen molar-refractivity contribution in [3.63, 3.8) is 0 Å². The van der Waals surface area contributed by atoms with E-state index in [9.17, 15) is 10.1 Å². The molecule has 1 N–H and O–H groups in total. The third kappa shape index (κ3) is 4.17. The SMILES string of the molecule is COC(=O)C(CC(C)C)Nc1cccc(SC)c1C#N. The second kappa shape index (κ2) is 7.81. The van der Waals surface area contributed by atoms with E-state index in [-0.39, 0.29) is 5.97 Å². The molecule has 0 spiro atoms. The summed E-state index contributed by atoms with van der Waals surface area (Å²) in [5.41, 5.74) is 1.24. The summed E-state index contributed by atoms with van der Waals surface area (Å²) in [6.07, 6.45) is 2.58. The summed E-state index contributed by atoms with van der Waals surface area (Å²) in [7, 11) is 1.38. The largest absolute Gasteiger partial charge is 0.467 e. The van der Waals surface area contributed by atoms with Gasteiger partial charge in [0.1, 0.15) is 12.1 Å². The minimum atomic E-state index is -0.441. The zero-order valence-corrected chi connectivity index (χ0v) is 13.1. The van der Waals surface area contributed by atoms with E-state index < -0.39 is 6.04 Å². The first-order valence-electron chi connectivity index (χ1n) is 6.45. The molecule has 0 heterocycles. The Morgan fingerprint density at radius 1 is 1.50 bits per heavy atom. The Hall–Kier alpha value is -1.67. The van der Waals surface area contributed by atoms with Crippen molar-refractivity contribution in [2.24, 2.45) is 5.92 Å². The number of nitrogens with one attached hydrogen (secondary N) is 1. The summed E-state index contributed by atoms with van der Waals surface area (Å²) in [6, 6.07) is 7.34. The number of ether oxygens (including phenoxy) is 1. The van der Waals surface area contributed by atoms with Crippen molar-refractivity contribution < 1.29 is 9.53 Å². The number of thioether (sulfide) groups is 1. The number of nitriles is 1. The highest BCUT2D eigenvalue weighted by molar-refractivity contribution is 7.98. The second-order valence-electron chi connectivity index (χ2n) is 4.84. The summed E-state index contributed by atoms with van der Waals surface area (Å²) in [5, 5.41) is 12.4. The summed E-state index contributed by atoms with van der Waals surface area (Å²) < 4.78 is 4.83.